The van der Waals surface area contributed by atoms with Crippen LogP contribution in [0.4, 0.5) is 5.82 Å². The molecule has 0 aliphatic heterocycles. The van der Waals surface area contributed by atoms with E-state index in [1.165, 1.54) is 5.56 Å². The number of hydrogen-bond acceptors (Lipinski definition) is 6. The van der Waals surface area contributed by atoms with E-state index in [-0.39, 0.29) is 0 Å². The number of benzene rings is 1. The van der Waals surface area contributed by atoms with Crippen LogP contribution < -0.4 is 4.90 Å². The minimum absolute atomic E-state index is 0.502. The second kappa shape index (κ2) is 8.47. The Balaban J connectivity index is 1.34. The average Bonchev–Trinajstić information content (AvgIpc) is 3.41. The van der Waals surface area contributed by atoms with Crippen molar-refractivity contribution in [3.8, 4) is 11.5 Å². The molecule has 142 valence electrons. The van der Waals surface area contributed by atoms with Gasteiger partial charge in [0.2, 0.25) is 0 Å². The number of aromatic nitrogens is 5. The van der Waals surface area contributed by atoms with E-state index in [2.05, 4.69) is 49.4 Å². The summed E-state index contributed by atoms with van der Waals surface area (Å²) in [6.45, 7) is 0.658. The number of nitrogens with one attached hydrogen (secondary N) is 1. The van der Waals surface area contributed by atoms with Gasteiger partial charge in [-0.2, -0.15) is 4.98 Å². The second-order valence-corrected chi connectivity index (χ2v) is 6.65. The van der Waals surface area contributed by atoms with Crippen LogP contribution in [0.5, 0.6) is 0 Å². The van der Waals surface area contributed by atoms with Crippen LogP contribution in [0.15, 0.2) is 65.6 Å². The first-order valence-electron chi connectivity index (χ1n) is 9.30. The lowest BCUT2D eigenvalue weighted by molar-refractivity contribution is 0.421. The molecule has 0 spiro atoms. The van der Waals surface area contributed by atoms with Crippen LogP contribution in [0.2, 0.25) is 0 Å². The van der Waals surface area contributed by atoms with E-state index < -0.39 is 0 Å². The smallest absolute Gasteiger partial charge is 0.259 e. The van der Waals surface area contributed by atoms with Crippen molar-refractivity contribution in [1.82, 2.24) is 25.1 Å². The summed E-state index contributed by atoms with van der Waals surface area (Å²) in [4.78, 5) is 18.3. The zero-order chi connectivity index (χ0) is 19.2. The Labute approximate surface area is 163 Å². The molecular weight excluding hydrogens is 352 g/mol. The molecule has 0 saturated heterocycles. The van der Waals surface area contributed by atoms with Gasteiger partial charge in [-0.15, -0.1) is 0 Å². The number of hydrogen-bond donors (Lipinski definition) is 1. The van der Waals surface area contributed by atoms with Crippen molar-refractivity contribution in [2.75, 3.05) is 11.9 Å². The number of imidazole rings is 1. The first-order chi connectivity index (χ1) is 13.8. The molecule has 0 bridgehead atoms. The predicted octanol–water partition coefficient (Wildman–Crippen LogP) is 3.67. The van der Waals surface area contributed by atoms with E-state index in [1.807, 2.05) is 36.3 Å². The molecule has 0 aliphatic carbocycles. The molecule has 7 nitrogen and oxygen atoms in total. The molecule has 1 aromatic carbocycles. The highest BCUT2D eigenvalue weighted by molar-refractivity contribution is 5.54. The number of anilines is 1. The van der Waals surface area contributed by atoms with Crippen LogP contribution in [-0.4, -0.2) is 32.1 Å². The fourth-order valence-corrected chi connectivity index (χ4v) is 3.00. The lowest BCUT2D eigenvalue weighted by atomic mass is 10.1. The first-order valence-corrected chi connectivity index (χ1v) is 9.30. The molecule has 0 amide bonds. The zero-order valence-corrected chi connectivity index (χ0v) is 15.7. The van der Waals surface area contributed by atoms with E-state index >= 15 is 0 Å². The van der Waals surface area contributed by atoms with Gasteiger partial charge in [0, 0.05) is 32.1 Å². The number of nitrogens with zero attached hydrogens (tertiary/aromatic N) is 5. The number of pyridine rings is 1. The van der Waals surface area contributed by atoms with Gasteiger partial charge in [-0.05, 0) is 30.5 Å². The van der Waals surface area contributed by atoms with Crippen molar-refractivity contribution >= 4 is 5.82 Å². The van der Waals surface area contributed by atoms with Crippen LogP contribution in [0, 0.1) is 0 Å². The first kappa shape index (κ1) is 17.9. The summed E-state index contributed by atoms with van der Waals surface area (Å²) in [6.07, 6.45) is 8.09. The molecule has 0 unspecified atom stereocenters. The van der Waals surface area contributed by atoms with Gasteiger partial charge in [0.25, 0.3) is 5.89 Å². The van der Waals surface area contributed by atoms with Crippen molar-refractivity contribution in [3.05, 3.63) is 78.3 Å². The molecule has 28 heavy (non-hydrogen) atoms. The summed E-state index contributed by atoms with van der Waals surface area (Å²) in [6, 6.07) is 14.3. The summed E-state index contributed by atoms with van der Waals surface area (Å²) in [5, 5.41) is 4.09. The molecule has 0 radical (unpaired) electrons. The molecule has 3 aromatic heterocycles. The SMILES string of the molecule is CN(Cc1ncc[nH]1)c1ccc(-c2nc(CCCc3ccccc3)no2)cn1. The minimum Gasteiger partial charge on any atom is -0.352 e. The van der Waals surface area contributed by atoms with Crippen LogP contribution >= 0.6 is 0 Å². The Morgan fingerprint density at radius 1 is 1.04 bits per heavy atom. The summed E-state index contributed by atoms with van der Waals surface area (Å²) in [7, 11) is 1.97. The molecule has 1 N–H and O–H groups in total. The lowest BCUT2D eigenvalue weighted by Crippen LogP contribution is -2.18. The molecule has 0 saturated carbocycles. The van der Waals surface area contributed by atoms with Crippen LogP contribution in [0.25, 0.3) is 11.5 Å². The number of aryl methyl sites for hydroxylation is 2. The van der Waals surface area contributed by atoms with Crippen molar-refractivity contribution in [2.24, 2.45) is 0 Å². The quantitative estimate of drug-likeness (QED) is 0.507. The minimum atomic E-state index is 0.502. The molecular formula is C21H22N6O. The zero-order valence-electron chi connectivity index (χ0n) is 15.7. The summed E-state index contributed by atoms with van der Waals surface area (Å²) < 4.78 is 5.41. The van der Waals surface area contributed by atoms with Crippen LogP contribution in [0.1, 0.15) is 23.6 Å². The summed E-state index contributed by atoms with van der Waals surface area (Å²) >= 11 is 0. The van der Waals surface area contributed by atoms with E-state index in [4.69, 9.17) is 4.52 Å². The largest absolute Gasteiger partial charge is 0.352 e. The van der Waals surface area contributed by atoms with Crippen molar-refractivity contribution < 1.29 is 4.52 Å². The maximum atomic E-state index is 5.41. The molecule has 0 fully saturated rings. The molecule has 3 heterocycles. The van der Waals surface area contributed by atoms with E-state index in [1.54, 1.807) is 12.4 Å². The third-order valence-corrected chi connectivity index (χ3v) is 4.50. The fourth-order valence-electron chi connectivity index (χ4n) is 3.00. The normalized spacial score (nSPS) is 10.9. The van der Waals surface area contributed by atoms with Gasteiger partial charge in [0.15, 0.2) is 5.82 Å². The Hall–Kier alpha value is -3.48. The average molecular weight is 374 g/mol. The monoisotopic (exact) mass is 374 g/mol. The van der Waals surface area contributed by atoms with Gasteiger partial charge in [-0.1, -0.05) is 35.5 Å². The maximum absolute atomic E-state index is 5.41. The van der Waals surface area contributed by atoms with E-state index in [0.29, 0.717) is 12.4 Å². The third kappa shape index (κ3) is 4.43. The lowest BCUT2D eigenvalue weighted by Gasteiger charge is -2.16. The van der Waals surface area contributed by atoms with Gasteiger partial charge in [-0.25, -0.2) is 9.97 Å². The third-order valence-electron chi connectivity index (χ3n) is 4.50. The maximum Gasteiger partial charge on any atom is 0.259 e. The standard InChI is InChI=1S/C21H22N6O/c1-27(15-19-22-12-13-23-19)20-11-10-17(14-24-20)21-25-18(26-28-21)9-5-8-16-6-3-2-4-7-16/h2-4,6-7,10-14H,5,8-9,15H2,1H3,(H,22,23). The van der Waals surface area contributed by atoms with Crippen LogP contribution in [0.3, 0.4) is 0 Å². The Kier molecular flexibility index (Phi) is 5.42. The number of H-pyrrole nitrogens is 1. The van der Waals surface area contributed by atoms with Gasteiger partial charge in [0.05, 0.1) is 12.1 Å². The number of rotatable bonds is 8. The summed E-state index contributed by atoms with van der Waals surface area (Å²) in [5.74, 6) is 2.97. The Morgan fingerprint density at radius 3 is 2.68 bits per heavy atom. The Bertz CT molecular complexity index is 979. The second-order valence-electron chi connectivity index (χ2n) is 6.65. The van der Waals surface area contributed by atoms with Gasteiger partial charge < -0.3 is 14.4 Å². The Morgan fingerprint density at radius 2 is 1.93 bits per heavy atom. The van der Waals surface area contributed by atoms with Crippen LogP contribution in [-0.2, 0) is 19.4 Å². The van der Waals surface area contributed by atoms with Crippen molar-refractivity contribution in [1.29, 1.82) is 0 Å². The van der Waals surface area contributed by atoms with Crippen molar-refractivity contribution in [3.63, 3.8) is 0 Å². The highest BCUT2D eigenvalue weighted by Gasteiger charge is 2.11. The molecule has 4 rings (SSSR count). The fraction of sp³-hybridized carbons (Fsp3) is 0.238. The van der Waals surface area contributed by atoms with Gasteiger partial charge in [0.1, 0.15) is 11.6 Å². The van der Waals surface area contributed by atoms with Gasteiger partial charge >= 0.3 is 0 Å². The highest BCUT2D eigenvalue weighted by atomic mass is 16.5. The molecule has 0 atom stereocenters. The van der Waals surface area contributed by atoms with Gasteiger partial charge in [-0.3, -0.25) is 0 Å². The van der Waals surface area contributed by atoms with Crippen molar-refractivity contribution in [2.45, 2.75) is 25.8 Å². The molecule has 4 aromatic rings. The molecule has 0 aliphatic rings. The highest BCUT2D eigenvalue weighted by Crippen LogP contribution is 2.20. The molecule has 7 heteroatoms. The van der Waals surface area contributed by atoms with E-state index in [0.717, 1.165) is 42.3 Å². The topological polar surface area (TPSA) is 83.7 Å². The summed E-state index contributed by atoms with van der Waals surface area (Å²) in [5.41, 5.74) is 2.14. The predicted molar refractivity (Wildman–Crippen MR) is 107 cm³/mol. The van der Waals surface area contributed by atoms with E-state index in [9.17, 15) is 0 Å². The number of aromatic amines is 1.